The summed E-state index contributed by atoms with van der Waals surface area (Å²) in [4.78, 5) is 16.9. The van der Waals surface area contributed by atoms with E-state index in [4.69, 9.17) is 10.00 Å². The summed E-state index contributed by atoms with van der Waals surface area (Å²) in [7, 11) is -1.18. The molecular weight excluding hydrogens is 161 g/mol. The predicted octanol–water partition coefficient (Wildman–Crippen LogP) is -0.688. The van der Waals surface area contributed by atoms with Crippen LogP contribution in [0.15, 0.2) is 0 Å². The number of carboxylic acids is 1. The molecule has 1 unspecified atom stereocenters. The summed E-state index contributed by atoms with van der Waals surface area (Å²) in [6.45, 7) is -0.278. The fourth-order valence-corrected chi connectivity index (χ4v) is 0. The zero-order valence-corrected chi connectivity index (χ0v) is 6.25. The van der Waals surface area contributed by atoms with Crippen LogP contribution in [0.25, 0.3) is 0 Å². The van der Waals surface area contributed by atoms with Crippen molar-refractivity contribution in [3.05, 3.63) is 0 Å². The van der Waals surface area contributed by atoms with Gasteiger partial charge >= 0.3 is 14.2 Å². The SMILES string of the molecule is CO[P+](=O)O.NCC(=O)O. The van der Waals surface area contributed by atoms with Gasteiger partial charge in [0, 0.05) is 4.57 Å². The minimum atomic E-state index is -2.35. The Hall–Kier alpha value is -0.550. The van der Waals surface area contributed by atoms with E-state index in [0.717, 1.165) is 0 Å². The molecule has 0 aliphatic heterocycles. The molecule has 0 aromatic heterocycles. The lowest BCUT2D eigenvalue weighted by atomic mass is 10.7. The summed E-state index contributed by atoms with van der Waals surface area (Å²) in [6.07, 6.45) is 0. The fraction of sp³-hybridized carbons (Fsp3) is 0.667. The van der Waals surface area contributed by atoms with E-state index in [1.165, 1.54) is 7.11 Å². The molecule has 0 fully saturated rings. The van der Waals surface area contributed by atoms with Gasteiger partial charge in [-0.1, -0.05) is 0 Å². The van der Waals surface area contributed by atoms with Crippen molar-refractivity contribution in [1.29, 1.82) is 0 Å². The highest BCUT2D eigenvalue weighted by Gasteiger charge is 2.02. The zero-order chi connectivity index (χ0) is 8.57. The van der Waals surface area contributed by atoms with Gasteiger partial charge in [0.1, 0.15) is 0 Å². The van der Waals surface area contributed by atoms with Crippen molar-refractivity contribution in [3.8, 4) is 0 Å². The fourth-order valence-electron chi connectivity index (χ4n) is 0. The molecule has 1 atom stereocenters. The average molecular weight is 170 g/mol. The number of carbonyl (C=O) groups is 1. The topological polar surface area (TPSA) is 110 Å². The number of carboxylic acid groups (broad SMARTS) is 1. The molecule has 0 radical (unpaired) electrons. The first-order chi connectivity index (χ1) is 4.54. The maximum absolute atomic E-state index is 9.29. The van der Waals surface area contributed by atoms with Crippen molar-refractivity contribution in [2.45, 2.75) is 0 Å². The van der Waals surface area contributed by atoms with E-state index in [1.54, 1.807) is 0 Å². The van der Waals surface area contributed by atoms with E-state index in [1.807, 2.05) is 0 Å². The van der Waals surface area contributed by atoms with Crippen LogP contribution in [0.5, 0.6) is 0 Å². The lowest BCUT2D eigenvalue weighted by Crippen LogP contribution is -2.10. The predicted molar refractivity (Wildman–Crippen MR) is 33.5 cm³/mol. The monoisotopic (exact) mass is 170 g/mol. The molecule has 7 heteroatoms. The van der Waals surface area contributed by atoms with Crippen LogP contribution in [0.4, 0.5) is 0 Å². The van der Waals surface area contributed by atoms with E-state index < -0.39 is 14.2 Å². The summed E-state index contributed by atoms with van der Waals surface area (Å²) in [5.74, 6) is -0.968. The van der Waals surface area contributed by atoms with Crippen LogP contribution < -0.4 is 5.73 Å². The van der Waals surface area contributed by atoms with E-state index in [9.17, 15) is 9.36 Å². The Labute approximate surface area is 58.6 Å². The average Bonchev–Trinajstić information content (AvgIpc) is 1.89. The van der Waals surface area contributed by atoms with Crippen LogP contribution in [0.3, 0.4) is 0 Å². The van der Waals surface area contributed by atoms with Gasteiger partial charge in [-0.25, -0.2) is 0 Å². The number of rotatable bonds is 2. The molecule has 0 aliphatic rings. The standard InChI is InChI=1S/C2H5NO2.CH3O3P/c3-1-2(4)5;1-4-5(2)3/h1,3H2,(H,4,5);1H3/p+1. The van der Waals surface area contributed by atoms with Gasteiger partial charge in [0.2, 0.25) is 0 Å². The van der Waals surface area contributed by atoms with Gasteiger partial charge < -0.3 is 10.8 Å². The van der Waals surface area contributed by atoms with Gasteiger partial charge in [0.15, 0.2) is 0 Å². The summed E-state index contributed by atoms with van der Waals surface area (Å²) in [6, 6.07) is 0. The third-order valence-electron chi connectivity index (χ3n) is 0.331. The van der Waals surface area contributed by atoms with Crippen molar-refractivity contribution in [3.63, 3.8) is 0 Å². The van der Waals surface area contributed by atoms with Crippen LogP contribution >= 0.6 is 8.25 Å². The van der Waals surface area contributed by atoms with Crippen LogP contribution in [-0.4, -0.2) is 29.6 Å². The molecule has 60 valence electrons. The third-order valence-corrected chi connectivity index (χ3v) is 0.643. The summed E-state index contributed by atoms with van der Waals surface area (Å²) in [5, 5.41) is 7.60. The second-order valence-electron chi connectivity index (χ2n) is 1.02. The quantitative estimate of drug-likeness (QED) is 0.473. The molecular formula is C3H9NO5P+. The van der Waals surface area contributed by atoms with E-state index in [0.29, 0.717) is 0 Å². The normalized spacial score (nSPS) is 9.30. The molecule has 0 heterocycles. The van der Waals surface area contributed by atoms with Crippen molar-refractivity contribution in [2.24, 2.45) is 5.73 Å². The largest absolute Gasteiger partial charge is 0.694 e. The molecule has 10 heavy (non-hydrogen) atoms. The van der Waals surface area contributed by atoms with Crippen LogP contribution in [0.1, 0.15) is 0 Å². The van der Waals surface area contributed by atoms with Gasteiger partial charge in [0.25, 0.3) is 0 Å². The molecule has 6 nitrogen and oxygen atoms in total. The molecule has 0 saturated heterocycles. The number of aliphatic carboxylic acids is 1. The second-order valence-corrected chi connectivity index (χ2v) is 1.86. The molecule has 0 amide bonds. The molecule has 0 rings (SSSR count). The van der Waals surface area contributed by atoms with Gasteiger partial charge in [-0.15, -0.1) is 9.42 Å². The number of nitrogens with two attached hydrogens (primary N) is 1. The molecule has 0 aromatic carbocycles. The Morgan fingerprint density at radius 3 is 2.00 bits per heavy atom. The van der Waals surface area contributed by atoms with E-state index in [-0.39, 0.29) is 6.54 Å². The van der Waals surface area contributed by atoms with Crippen LogP contribution in [-0.2, 0) is 13.9 Å². The summed E-state index contributed by atoms with van der Waals surface area (Å²) >= 11 is 0. The highest BCUT2D eigenvalue weighted by molar-refractivity contribution is 7.32. The van der Waals surface area contributed by atoms with Crippen molar-refractivity contribution < 1.29 is 23.9 Å². The Bertz CT molecular complexity index is 101. The first-order valence-corrected chi connectivity index (χ1v) is 3.29. The third kappa shape index (κ3) is 26.0. The summed E-state index contributed by atoms with van der Waals surface area (Å²) < 4.78 is 13.1. The Kier molecular flexibility index (Phi) is 10.3. The number of hydrogen-bond donors (Lipinski definition) is 3. The van der Waals surface area contributed by atoms with Crippen molar-refractivity contribution in [1.82, 2.24) is 0 Å². The maximum Gasteiger partial charge on any atom is 0.694 e. The number of hydrogen-bond acceptors (Lipinski definition) is 4. The van der Waals surface area contributed by atoms with Crippen molar-refractivity contribution in [2.75, 3.05) is 13.7 Å². The first kappa shape index (κ1) is 12.2. The van der Waals surface area contributed by atoms with Gasteiger partial charge in [-0.2, -0.15) is 0 Å². The Morgan fingerprint density at radius 2 is 2.00 bits per heavy atom. The zero-order valence-electron chi connectivity index (χ0n) is 5.35. The molecule has 0 saturated carbocycles. The van der Waals surface area contributed by atoms with Gasteiger partial charge in [-0.05, 0) is 0 Å². The Morgan fingerprint density at radius 1 is 1.80 bits per heavy atom. The van der Waals surface area contributed by atoms with Crippen LogP contribution in [0, 0.1) is 0 Å². The van der Waals surface area contributed by atoms with Crippen LogP contribution in [0.2, 0.25) is 0 Å². The second kappa shape index (κ2) is 8.45. The lowest BCUT2D eigenvalue weighted by molar-refractivity contribution is -0.135. The molecule has 4 N–H and O–H groups in total. The lowest BCUT2D eigenvalue weighted by Gasteiger charge is -1.73. The first-order valence-electron chi connectivity index (χ1n) is 2.16. The minimum absolute atomic E-state index is 0.278. The van der Waals surface area contributed by atoms with Gasteiger partial charge in [0.05, 0.1) is 13.7 Å². The van der Waals surface area contributed by atoms with E-state index in [2.05, 4.69) is 10.3 Å². The highest BCUT2D eigenvalue weighted by Crippen LogP contribution is 2.09. The van der Waals surface area contributed by atoms with Gasteiger partial charge in [-0.3, -0.25) is 4.79 Å². The maximum atomic E-state index is 9.29. The van der Waals surface area contributed by atoms with Crippen molar-refractivity contribution >= 4 is 14.2 Å². The minimum Gasteiger partial charge on any atom is -0.480 e. The molecule has 0 spiro atoms. The molecule has 0 aliphatic carbocycles. The molecule has 0 bridgehead atoms. The highest BCUT2D eigenvalue weighted by atomic mass is 31.1. The molecule has 0 aromatic rings. The summed E-state index contributed by atoms with van der Waals surface area (Å²) in [5.41, 5.74) is 4.57. The smallest absolute Gasteiger partial charge is 0.480 e. The van der Waals surface area contributed by atoms with E-state index >= 15 is 0 Å². The Balaban J connectivity index is 0.